The van der Waals surface area contributed by atoms with E-state index < -0.39 is 5.97 Å². The van der Waals surface area contributed by atoms with Crippen LogP contribution >= 0.6 is 0 Å². The third-order valence-electron chi connectivity index (χ3n) is 6.51. The van der Waals surface area contributed by atoms with Crippen molar-refractivity contribution in [2.24, 2.45) is 4.99 Å². The van der Waals surface area contributed by atoms with Crippen LogP contribution in [0, 0.1) is 0 Å². The van der Waals surface area contributed by atoms with E-state index in [0.717, 1.165) is 46.7 Å². The maximum absolute atomic E-state index is 11.7. The van der Waals surface area contributed by atoms with E-state index in [1.165, 1.54) is 0 Å². The summed E-state index contributed by atoms with van der Waals surface area (Å²) in [6.45, 7) is 0. The standard InChI is InChI=1S/C20H14O4.C12H9NO2.3Mn/c21-12-9-10-16-18(11-12)24-17-8-4-3-7-15(17)19(16)13-5-1-2-6-14(13)20(22)23;14-8-5-6-10-12(7-8)15-11-4-2-1-3-9(11)13-10;;;/h1-3,5-11,21H,4H2,(H,22,23);1,3-7,14H,2H2;;;. The van der Waals surface area contributed by atoms with Gasteiger partial charge in [-0.2, -0.15) is 0 Å². The van der Waals surface area contributed by atoms with E-state index in [-0.39, 0.29) is 68.3 Å². The van der Waals surface area contributed by atoms with Gasteiger partial charge in [0.2, 0.25) is 0 Å². The first-order valence-electron chi connectivity index (χ1n) is 12.4. The van der Waals surface area contributed by atoms with Gasteiger partial charge in [0.05, 0.1) is 5.56 Å². The number of aromatic hydroxyl groups is 2. The van der Waals surface area contributed by atoms with E-state index in [9.17, 15) is 20.1 Å². The van der Waals surface area contributed by atoms with Crippen LogP contribution in [-0.2, 0) is 51.2 Å². The Kier molecular flexibility index (Phi) is 10.9. The van der Waals surface area contributed by atoms with E-state index in [1.807, 2.05) is 42.5 Å². The quantitative estimate of drug-likeness (QED) is 0.256. The number of carboxylic acids is 1. The Morgan fingerprint density at radius 3 is 2.14 bits per heavy atom. The summed E-state index contributed by atoms with van der Waals surface area (Å²) >= 11 is 0. The number of benzene rings is 3. The minimum absolute atomic E-state index is 0. The maximum atomic E-state index is 11.7. The molecule has 3 aromatic carbocycles. The molecule has 2 heterocycles. The number of aromatic carboxylic acids is 1. The van der Waals surface area contributed by atoms with Gasteiger partial charge in [0.25, 0.3) is 0 Å². The molecule has 0 spiro atoms. The Labute approximate surface area is 274 Å². The Morgan fingerprint density at radius 1 is 0.738 bits per heavy atom. The third-order valence-corrected chi connectivity index (χ3v) is 6.51. The number of carboxylic acid groups (broad SMARTS) is 1. The van der Waals surface area contributed by atoms with Gasteiger partial charge < -0.3 is 24.8 Å². The van der Waals surface area contributed by atoms with Gasteiger partial charge in [0, 0.05) is 80.0 Å². The predicted octanol–water partition coefficient (Wildman–Crippen LogP) is 6.82. The molecular formula is C32H23Mn3NO6. The Hall–Kier alpha value is -3.74. The fourth-order valence-corrected chi connectivity index (χ4v) is 4.75. The largest absolute Gasteiger partial charge is 0.508 e. The first-order chi connectivity index (χ1) is 19.0. The first-order valence-corrected chi connectivity index (χ1v) is 12.4. The second kappa shape index (κ2) is 13.9. The molecule has 0 saturated carbocycles. The van der Waals surface area contributed by atoms with Crippen LogP contribution in [0.2, 0.25) is 0 Å². The molecule has 0 amide bonds. The van der Waals surface area contributed by atoms with E-state index >= 15 is 0 Å². The number of rotatable bonds is 2. The number of carbonyl (C=O) groups is 1. The molecule has 0 unspecified atom stereocenters. The van der Waals surface area contributed by atoms with Crippen molar-refractivity contribution in [3.63, 3.8) is 0 Å². The third kappa shape index (κ3) is 6.50. The summed E-state index contributed by atoms with van der Waals surface area (Å²) < 4.78 is 11.5. The van der Waals surface area contributed by atoms with Crippen LogP contribution in [0.1, 0.15) is 34.3 Å². The van der Waals surface area contributed by atoms with E-state index in [1.54, 1.807) is 54.6 Å². The number of hydrogen-bond donors (Lipinski definition) is 3. The zero-order chi connectivity index (χ0) is 26.9. The Bertz CT molecular complexity index is 1720. The summed E-state index contributed by atoms with van der Waals surface area (Å²) in [5.41, 5.74) is 4.89. The van der Waals surface area contributed by atoms with Crippen LogP contribution in [0.25, 0.3) is 5.57 Å². The maximum Gasteiger partial charge on any atom is 0.336 e. The number of allylic oxidation sites excluding steroid dienone is 6. The molecule has 2 aliphatic carbocycles. The summed E-state index contributed by atoms with van der Waals surface area (Å²) in [5.74, 6) is 1.92. The first kappa shape index (κ1) is 32.8. The second-order valence-corrected chi connectivity index (χ2v) is 9.09. The van der Waals surface area contributed by atoms with Crippen LogP contribution < -0.4 is 9.47 Å². The van der Waals surface area contributed by atoms with Crippen molar-refractivity contribution in [3.05, 3.63) is 131 Å². The zero-order valence-electron chi connectivity index (χ0n) is 21.8. The number of aliphatic imine (C=N–C) groups is 1. The summed E-state index contributed by atoms with van der Waals surface area (Å²) in [4.78, 5) is 16.1. The van der Waals surface area contributed by atoms with Gasteiger partial charge >= 0.3 is 5.97 Å². The van der Waals surface area contributed by atoms with Crippen molar-refractivity contribution in [1.82, 2.24) is 0 Å². The average Bonchev–Trinajstić information content (AvgIpc) is 2.95. The Morgan fingerprint density at radius 2 is 1.38 bits per heavy atom. The van der Waals surface area contributed by atoms with Gasteiger partial charge in [-0.15, -0.1) is 0 Å². The van der Waals surface area contributed by atoms with Crippen molar-refractivity contribution < 1.29 is 80.8 Å². The minimum Gasteiger partial charge on any atom is -0.508 e. The number of nitrogens with zero attached hydrogens (tertiary/aromatic N) is 1. The van der Waals surface area contributed by atoms with Gasteiger partial charge in [-0.05, 0) is 67.0 Å². The van der Waals surface area contributed by atoms with Crippen molar-refractivity contribution in [3.8, 4) is 23.0 Å². The topological polar surface area (TPSA) is 109 Å². The Balaban J connectivity index is 0.000000234. The molecule has 3 N–H and O–H groups in total. The molecule has 2 aliphatic heterocycles. The number of phenols is 2. The second-order valence-electron chi connectivity index (χ2n) is 9.09. The van der Waals surface area contributed by atoms with Crippen LogP contribution in [0.5, 0.6) is 23.0 Å². The smallest absolute Gasteiger partial charge is 0.336 e. The molecule has 7 rings (SSSR count). The average molecular weight is 682 g/mol. The van der Waals surface area contributed by atoms with Gasteiger partial charge in [-0.1, -0.05) is 36.4 Å². The van der Waals surface area contributed by atoms with Crippen LogP contribution in [0.15, 0.2) is 119 Å². The molecule has 7 nitrogen and oxygen atoms in total. The SMILES string of the molecule is O=C(O)c1ccccc1C1=C2C=CCC=C2Oc2cc(O)ccc21.Oc1ccc2c(c1)OC1=CCC=CC1=N2.[Mn].[Mn].[Mn]. The summed E-state index contributed by atoms with van der Waals surface area (Å²) in [6.07, 6.45) is 13.5. The predicted molar refractivity (Wildman–Crippen MR) is 148 cm³/mol. The summed E-state index contributed by atoms with van der Waals surface area (Å²) in [5, 5.41) is 28.6. The monoisotopic (exact) mass is 682 g/mol. The van der Waals surface area contributed by atoms with Crippen LogP contribution in [0.3, 0.4) is 0 Å². The fraction of sp³-hybridized carbons (Fsp3) is 0.0625. The van der Waals surface area contributed by atoms with Crippen molar-refractivity contribution in [2.45, 2.75) is 12.8 Å². The molecule has 0 aromatic heterocycles. The molecule has 0 atom stereocenters. The van der Waals surface area contributed by atoms with Crippen molar-refractivity contribution >= 4 is 22.9 Å². The molecule has 10 heteroatoms. The molecule has 0 fully saturated rings. The van der Waals surface area contributed by atoms with Crippen LogP contribution in [-0.4, -0.2) is 27.0 Å². The molecule has 3 aromatic rings. The van der Waals surface area contributed by atoms with Crippen molar-refractivity contribution in [1.29, 1.82) is 0 Å². The van der Waals surface area contributed by atoms with Crippen molar-refractivity contribution in [2.75, 3.05) is 0 Å². The van der Waals surface area contributed by atoms with E-state index in [2.05, 4.69) is 4.99 Å². The minimum atomic E-state index is -0.976. The molecule has 42 heavy (non-hydrogen) atoms. The van der Waals surface area contributed by atoms with Gasteiger partial charge in [-0.25, -0.2) is 9.79 Å². The number of hydrogen-bond acceptors (Lipinski definition) is 6. The van der Waals surface area contributed by atoms with Gasteiger partial charge in [0.1, 0.15) is 40.2 Å². The molecule has 213 valence electrons. The van der Waals surface area contributed by atoms with E-state index in [4.69, 9.17) is 9.47 Å². The van der Waals surface area contributed by atoms with E-state index in [0.29, 0.717) is 22.8 Å². The summed E-state index contributed by atoms with van der Waals surface area (Å²) in [6, 6.07) is 16.7. The van der Waals surface area contributed by atoms with Gasteiger partial charge in [0.15, 0.2) is 5.75 Å². The summed E-state index contributed by atoms with van der Waals surface area (Å²) in [7, 11) is 0. The van der Waals surface area contributed by atoms with Crippen LogP contribution in [0.4, 0.5) is 5.69 Å². The molecule has 4 aliphatic rings. The van der Waals surface area contributed by atoms with Gasteiger partial charge in [-0.3, -0.25) is 0 Å². The molecular weight excluding hydrogens is 659 g/mol. The molecule has 3 radical (unpaired) electrons. The number of phenolic OH excluding ortho intramolecular Hbond substituents is 2. The fourth-order valence-electron chi connectivity index (χ4n) is 4.75. The number of fused-ring (bicyclic) bond motifs is 4. The zero-order valence-corrected chi connectivity index (χ0v) is 25.3. The number of ether oxygens (including phenoxy) is 2. The molecule has 0 saturated heterocycles. The molecule has 0 bridgehead atoms. The normalized spacial score (nSPS) is 14.8.